The van der Waals surface area contributed by atoms with Crippen molar-refractivity contribution in [1.82, 2.24) is 4.98 Å². The first-order valence-corrected chi connectivity index (χ1v) is 4.86. The van der Waals surface area contributed by atoms with Gasteiger partial charge in [-0.05, 0) is 18.4 Å². The van der Waals surface area contributed by atoms with Gasteiger partial charge in [-0.25, -0.2) is 9.78 Å². The number of thiophene rings is 1. The van der Waals surface area contributed by atoms with Crippen molar-refractivity contribution in [3.05, 3.63) is 28.3 Å². The Labute approximate surface area is 83.8 Å². The molecule has 14 heavy (non-hydrogen) atoms. The second kappa shape index (κ2) is 3.26. The molecular formula is C9H7NO3S. The number of aryl methyl sites for hydroxylation is 1. The number of hydrogen-bond donors (Lipinski definition) is 1. The highest BCUT2D eigenvalue weighted by molar-refractivity contribution is 7.08. The molecule has 72 valence electrons. The van der Waals surface area contributed by atoms with Crippen LogP contribution in [0.5, 0.6) is 0 Å². The van der Waals surface area contributed by atoms with Gasteiger partial charge in [0.1, 0.15) is 5.76 Å². The van der Waals surface area contributed by atoms with Crippen molar-refractivity contribution in [2.24, 2.45) is 0 Å². The van der Waals surface area contributed by atoms with Gasteiger partial charge in [-0.1, -0.05) is 0 Å². The molecule has 0 saturated carbocycles. The molecule has 2 heterocycles. The summed E-state index contributed by atoms with van der Waals surface area (Å²) >= 11 is 1.51. The maximum absolute atomic E-state index is 10.7. The van der Waals surface area contributed by atoms with Gasteiger partial charge in [-0.2, -0.15) is 11.3 Å². The number of nitrogens with zero attached hydrogens (tertiary/aromatic N) is 1. The molecule has 2 aromatic heterocycles. The van der Waals surface area contributed by atoms with Crippen LogP contribution in [0.4, 0.5) is 0 Å². The molecule has 0 bridgehead atoms. The van der Waals surface area contributed by atoms with Crippen molar-refractivity contribution in [2.45, 2.75) is 6.92 Å². The smallest absolute Gasteiger partial charge is 0.358 e. The Morgan fingerprint density at radius 3 is 2.93 bits per heavy atom. The van der Waals surface area contributed by atoms with E-state index in [4.69, 9.17) is 9.52 Å². The van der Waals surface area contributed by atoms with Crippen molar-refractivity contribution < 1.29 is 14.3 Å². The minimum absolute atomic E-state index is 0.0220. The van der Waals surface area contributed by atoms with Gasteiger partial charge in [0.15, 0.2) is 5.69 Å². The second-order valence-corrected chi connectivity index (χ2v) is 3.52. The van der Waals surface area contributed by atoms with Gasteiger partial charge in [-0.15, -0.1) is 0 Å². The first-order chi connectivity index (χ1) is 6.68. The highest BCUT2D eigenvalue weighted by Gasteiger charge is 2.16. The minimum Gasteiger partial charge on any atom is -0.476 e. The highest BCUT2D eigenvalue weighted by atomic mass is 32.1. The zero-order chi connectivity index (χ0) is 10.1. The number of carbonyl (C=O) groups is 1. The maximum Gasteiger partial charge on any atom is 0.358 e. The number of rotatable bonds is 2. The molecule has 0 aliphatic heterocycles. The predicted octanol–water partition coefficient (Wildman–Crippen LogP) is 2.41. The third-order valence-electron chi connectivity index (χ3n) is 1.77. The fourth-order valence-corrected chi connectivity index (χ4v) is 1.73. The molecule has 0 spiro atoms. The Morgan fingerprint density at radius 2 is 2.43 bits per heavy atom. The van der Waals surface area contributed by atoms with Gasteiger partial charge in [0, 0.05) is 10.9 Å². The summed E-state index contributed by atoms with van der Waals surface area (Å²) in [6.07, 6.45) is 0. The lowest BCUT2D eigenvalue weighted by atomic mass is 10.3. The van der Waals surface area contributed by atoms with E-state index in [0.717, 1.165) is 5.56 Å². The van der Waals surface area contributed by atoms with Crippen LogP contribution in [0.1, 0.15) is 16.2 Å². The molecule has 0 atom stereocenters. The van der Waals surface area contributed by atoms with Gasteiger partial charge >= 0.3 is 5.97 Å². The van der Waals surface area contributed by atoms with Crippen molar-refractivity contribution in [2.75, 3.05) is 0 Å². The number of hydrogen-bond acceptors (Lipinski definition) is 4. The quantitative estimate of drug-likeness (QED) is 0.824. The molecule has 0 aromatic carbocycles. The van der Waals surface area contributed by atoms with E-state index < -0.39 is 5.97 Å². The molecule has 2 aromatic rings. The summed E-state index contributed by atoms with van der Waals surface area (Å²) in [7, 11) is 0. The SMILES string of the molecule is Cc1oc(-c2ccsc2)nc1C(=O)O. The lowest BCUT2D eigenvalue weighted by molar-refractivity contribution is 0.0689. The fourth-order valence-electron chi connectivity index (χ4n) is 1.10. The molecule has 0 fully saturated rings. The van der Waals surface area contributed by atoms with Crippen LogP contribution in [0, 0.1) is 6.92 Å². The van der Waals surface area contributed by atoms with E-state index in [1.165, 1.54) is 11.3 Å². The normalized spacial score (nSPS) is 10.4. The number of aromatic nitrogens is 1. The van der Waals surface area contributed by atoms with Crippen molar-refractivity contribution >= 4 is 17.3 Å². The van der Waals surface area contributed by atoms with Crippen LogP contribution in [-0.4, -0.2) is 16.1 Å². The summed E-state index contributed by atoms with van der Waals surface area (Å²) in [5.41, 5.74) is 0.789. The molecule has 0 aliphatic rings. The van der Waals surface area contributed by atoms with Gasteiger partial charge in [-0.3, -0.25) is 0 Å². The van der Waals surface area contributed by atoms with Gasteiger partial charge < -0.3 is 9.52 Å². The van der Waals surface area contributed by atoms with E-state index in [-0.39, 0.29) is 5.69 Å². The second-order valence-electron chi connectivity index (χ2n) is 2.74. The maximum atomic E-state index is 10.7. The van der Waals surface area contributed by atoms with E-state index in [1.54, 1.807) is 6.92 Å². The van der Waals surface area contributed by atoms with Crippen LogP contribution in [0.15, 0.2) is 21.2 Å². The molecule has 0 amide bonds. The molecule has 0 aliphatic carbocycles. The van der Waals surface area contributed by atoms with Crippen LogP contribution in [0.3, 0.4) is 0 Å². The van der Waals surface area contributed by atoms with Crippen LogP contribution in [0.25, 0.3) is 11.5 Å². The van der Waals surface area contributed by atoms with Crippen LogP contribution in [0.2, 0.25) is 0 Å². The predicted molar refractivity (Wildman–Crippen MR) is 51.5 cm³/mol. The molecular weight excluding hydrogens is 202 g/mol. The Balaban J connectivity index is 2.48. The van der Waals surface area contributed by atoms with Gasteiger partial charge in [0.05, 0.1) is 0 Å². The van der Waals surface area contributed by atoms with Crippen LogP contribution in [-0.2, 0) is 0 Å². The lowest BCUT2D eigenvalue weighted by Crippen LogP contribution is -1.98. The van der Waals surface area contributed by atoms with Crippen LogP contribution >= 0.6 is 11.3 Å². The van der Waals surface area contributed by atoms with Crippen LogP contribution < -0.4 is 0 Å². The van der Waals surface area contributed by atoms with E-state index in [1.807, 2.05) is 16.8 Å². The number of oxazole rings is 1. The van der Waals surface area contributed by atoms with Gasteiger partial charge in [0.25, 0.3) is 0 Å². The average Bonchev–Trinajstić information content (AvgIpc) is 2.70. The third-order valence-corrected chi connectivity index (χ3v) is 2.45. The zero-order valence-electron chi connectivity index (χ0n) is 7.35. The Morgan fingerprint density at radius 1 is 1.64 bits per heavy atom. The molecule has 2 rings (SSSR count). The van der Waals surface area contributed by atoms with Crippen molar-refractivity contribution in [3.8, 4) is 11.5 Å². The van der Waals surface area contributed by atoms with E-state index in [9.17, 15) is 4.79 Å². The topological polar surface area (TPSA) is 63.3 Å². The lowest BCUT2D eigenvalue weighted by Gasteiger charge is -1.84. The standard InChI is InChI=1S/C9H7NO3S/c1-5-7(9(11)12)10-8(13-5)6-2-3-14-4-6/h2-4H,1H3,(H,11,12). The monoisotopic (exact) mass is 209 g/mol. The summed E-state index contributed by atoms with van der Waals surface area (Å²) in [6.45, 7) is 1.59. The van der Waals surface area contributed by atoms with Gasteiger partial charge in [0.2, 0.25) is 5.89 Å². The number of carboxylic acid groups (broad SMARTS) is 1. The summed E-state index contributed by atoms with van der Waals surface area (Å²) < 4.78 is 5.24. The number of aromatic carboxylic acids is 1. The Bertz CT molecular complexity index is 458. The summed E-state index contributed by atoms with van der Waals surface area (Å²) in [6, 6.07) is 1.83. The van der Waals surface area contributed by atoms with Crippen molar-refractivity contribution in [3.63, 3.8) is 0 Å². The van der Waals surface area contributed by atoms with Crippen molar-refractivity contribution in [1.29, 1.82) is 0 Å². The summed E-state index contributed by atoms with van der Waals surface area (Å²) in [5.74, 6) is -0.368. The van der Waals surface area contributed by atoms with E-state index >= 15 is 0 Å². The largest absolute Gasteiger partial charge is 0.476 e. The highest BCUT2D eigenvalue weighted by Crippen LogP contribution is 2.23. The Hall–Kier alpha value is -1.62. The molecule has 0 unspecified atom stereocenters. The molecule has 5 heteroatoms. The van der Waals surface area contributed by atoms with E-state index in [2.05, 4.69) is 4.98 Å². The Kier molecular flexibility index (Phi) is 2.09. The molecule has 0 saturated heterocycles. The molecule has 0 radical (unpaired) electrons. The minimum atomic E-state index is -1.06. The van der Waals surface area contributed by atoms with E-state index in [0.29, 0.717) is 11.7 Å². The zero-order valence-corrected chi connectivity index (χ0v) is 8.17. The number of carboxylic acids is 1. The summed E-state index contributed by atoms with van der Waals surface area (Å²) in [5, 5.41) is 12.5. The third kappa shape index (κ3) is 1.42. The molecule has 1 N–H and O–H groups in total. The molecule has 4 nitrogen and oxygen atoms in total. The average molecular weight is 209 g/mol. The first kappa shape index (κ1) is 8.96. The summed E-state index contributed by atoms with van der Waals surface area (Å²) in [4.78, 5) is 14.6. The first-order valence-electron chi connectivity index (χ1n) is 3.92. The fraction of sp³-hybridized carbons (Fsp3) is 0.111.